The van der Waals surface area contributed by atoms with Gasteiger partial charge in [0, 0.05) is 37.0 Å². The Balaban J connectivity index is 1.68. The Morgan fingerprint density at radius 3 is 2.54 bits per heavy atom. The van der Waals surface area contributed by atoms with Crippen LogP contribution >= 0.6 is 0 Å². The van der Waals surface area contributed by atoms with Crippen molar-refractivity contribution in [2.75, 3.05) is 19.7 Å². The Hall–Kier alpha value is -2.94. The molecule has 1 atom stereocenters. The van der Waals surface area contributed by atoms with Crippen molar-refractivity contribution in [3.8, 4) is 23.0 Å². The number of aromatic nitrogens is 2. The van der Waals surface area contributed by atoms with Crippen molar-refractivity contribution in [1.82, 2.24) is 14.7 Å². The number of nitriles is 1. The Morgan fingerprint density at radius 2 is 1.81 bits per heavy atom. The van der Waals surface area contributed by atoms with E-state index in [1.54, 1.807) is 0 Å². The summed E-state index contributed by atoms with van der Waals surface area (Å²) in [5.74, 6) is 0. The molecule has 0 aliphatic carbocycles. The van der Waals surface area contributed by atoms with E-state index >= 15 is 0 Å². The van der Waals surface area contributed by atoms with Gasteiger partial charge in [-0.05, 0) is 12.1 Å². The molecule has 0 N–H and O–H groups in total. The van der Waals surface area contributed by atoms with Crippen LogP contribution in [0.25, 0.3) is 16.9 Å². The fraction of sp³-hybridized carbons (Fsp3) is 0.238. The highest BCUT2D eigenvalue weighted by atomic mass is 16.5. The van der Waals surface area contributed by atoms with Crippen LogP contribution in [0.5, 0.6) is 0 Å². The van der Waals surface area contributed by atoms with Crippen molar-refractivity contribution < 1.29 is 4.74 Å². The highest BCUT2D eigenvalue weighted by Crippen LogP contribution is 2.25. The van der Waals surface area contributed by atoms with Gasteiger partial charge in [-0.15, -0.1) is 0 Å². The number of nitrogens with zero attached hydrogens (tertiary/aromatic N) is 4. The maximum Gasteiger partial charge on any atom is 0.156 e. The van der Waals surface area contributed by atoms with E-state index in [1.165, 1.54) is 0 Å². The van der Waals surface area contributed by atoms with Crippen LogP contribution in [0, 0.1) is 11.3 Å². The number of para-hydroxylation sites is 1. The summed E-state index contributed by atoms with van der Waals surface area (Å²) in [5, 5.41) is 14.0. The van der Waals surface area contributed by atoms with Gasteiger partial charge in [-0.2, -0.15) is 10.4 Å². The first-order chi connectivity index (χ1) is 12.8. The van der Waals surface area contributed by atoms with E-state index in [4.69, 9.17) is 15.1 Å². The Bertz CT molecular complexity index is 899. The summed E-state index contributed by atoms with van der Waals surface area (Å²) in [6.07, 6.45) is 1.74. The van der Waals surface area contributed by atoms with Crippen molar-refractivity contribution in [1.29, 1.82) is 5.26 Å². The Labute approximate surface area is 153 Å². The monoisotopic (exact) mass is 344 g/mol. The van der Waals surface area contributed by atoms with Gasteiger partial charge in [0.2, 0.25) is 0 Å². The van der Waals surface area contributed by atoms with Crippen LogP contribution in [0.15, 0.2) is 66.9 Å². The maximum atomic E-state index is 9.14. The van der Waals surface area contributed by atoms with Crippen LogP contribution < -0.4 is 0 Å². The van der Waals surface area contributed by atoms with Gasteiger partial charge in [0.05, 0.1) is 24.1 Å². The molecule has 0 radical (unpaired) electrons. The van der Waals surface area contributed by atoms with Crippen molar-refractivity contribution in [3.05, 3.63) is 72.4 Å². The average molecular weight is 344 g/mol. The third-order valence-electron chi connectivity index (χ3n) is 4.55. The van der Waals surface area contributed by atoms with Gasteiger partial charge < -0.3 is 4.74 Å². The molecule has 1 aromatic heterocycles. The smallest absolute Gasteiger partial charge is 0.156 e. The van der Waals surface area contributed by atoms with E-state index in [9.17, 15) is 0 Å². The molecule has 3 aromatic rings. The molecule has 0 bridgehead atoms. The van der Waals surface area contributed by atoms with Crippen molar-refractivity contribution in [3.63, 3.8) is 0 Å². The minimum absolute atomic E-state index is 0.354. The molecule has 0 amide bonds. The molecule has 1 unspecified atom stereocenters. The normalized spacial score (nSPS) is 17.7. The van der Waals surface area contributed by atoms with Gasteiger partial charge in [-0.25, -0.2) is 4.68 Å². The molecule has 5 nitrogen and oxygen atoms in total. The van der Waals surface area contributed by atoms with Gasteiger partial charge in [0.1, 0.15) is 0 Å². The van der Waals surface area contributed by atoms with Crippen LogP contribution in [-0.2, 0) is 11.3 Å². The number of benzene rings is 2. The SMILES string of the molecule is N#CC1CN(Cc2cn(-c3ccccc3)nc2-c2ccccc2)CCO1. The zero-order chi connectivity index (χ0) is 17.8. The minimum Gasteiger partial charge on any atom is -0.361 e. The molecule has 130 valence electrons. The fourth-order valence-electron chi connectivity index (χ4n) is 3.24. The lowest BCUT2D eigenvalue weighted by atomic mass is 10.1. The molecule has 1 aliphatic heterocycles. The molecule has 2 heterocycles. The van der Waals surface area contributed by atoms with E-state index in [0.717, 1.165) is 35.6 Å². The first-order valence-corrected chi connectivity index (χ1v) is 8.76. The molecule has 2 aromatic carbocycles. The predicted molar refractivity (Wildman–Crippen MR) is 99.6 cm³/mol. The first kappa shape index (κ1) is 16.5. The van der Waals surface area contributed by atoms with Crippen LogP contribution in [0.3, 0.4) is 0 Å². The van der Waals surface area contributed by atoms with E-state index in [2.05, 4.69) is 29.3 Å². The molecule has 1 saturated heterocycles. The summed E-state index contributed by atoms with van der Waals surface area (Å²) < 4.78 is 7.39. The highest BCUT2D eigenvalue weighted by molar-refractivity contribution is 5.63. The summed E-state index contributed by atoms with van der Waals surface area (Å²) in [6.45, 7) is 2.79. The molecule has 0 saturated carbocycles. The molecule has 1 aliphatic rings. The van der Waals surface area contributed by atoms with Crippen molar-refractivity contribution in [2.45, 2.75) is 12.6 Å². The predicted octanol–water partition coefficient (Wildman–Crippen LogP) is 3.26. The summed E-state index contributed by atoms with van der Waals surface area (Å²) in [7, 11) is 0. The minimum atomic E-state index is -0.354. The van der Waals surface area contributed by atoms with Crippen LogP contribution in [0.2, 0.25) is 0 Å². The average Bonchev–Trinajstić information content (AvgIpc) is 3.13. The van der Waals surface area contributed by atoms with Gasteiger partial charge in [0.25, 0.3) is 0 Å². The Kier molecular flexibility index (Phi) is 4.78. The molecule has 5 heteroatoms. The van der Waals surface area contributed by atoms with Crippen molar-refractivity contribution >= 4 is 0 Å². The van der Waals surface area contributed by atoms with Gasteiger partial charge in [-0.1, -0.05) is 48.5 Å². The fourth-order valence-corrected chi connectivity index (χ4v) is 3.24. The second-order valence-electron chi connectivity index (χ2n) is 6.37. The second kappa shape index (κ2) is 7.52. The van der Waals surface area contributed by atoms with Crippen LogP contribution in [-0.4, -0.2) is 40.5 Å². The molecular weight excluding hydrogens is 324 g/mol. The van der Waals surface area contributed by atoms with Gasteiger partial charge >= 0.3 is 0 Å². The summed E-state index contributed by atoms with van der Waals surface area (Å²) in [4.78, 5) is 2.26. The molecule has 26 heavy (non-hydrogen) atoms. The zero-order valence-electron chi connectivity index (χ0n) is 14.5. The van der Waals surface area contributed by atoms with Crippen molar-refractivity contribution in [2.24, 2.45) is 0 Å². The number of morpholine rings is 1. The van der Waals surface area contributed by atoms with Crippen LogP contribution in [0.1, 0.15) is 5.56 Å². The topological polar surface area (TPSA) is 54.1 Å². The molecule has 4 rings (SSSR count). The molecule has 1 fully saturated rings. The highest BCUT2D eigenvalue weighted by Gasteiger charge is 2.22. The summed E-state index contributed by atoms with van der Waals surface area (Å²) >= 11 is 0. The van der Waals surface area contributed by atoms with E-state index in [0.29, 0.717) is 13.2 Å². The number of ether oxygens (including phenoxy) is 1. The lowest BCUT2D eigenvalue weighted by Crippen LogP contribution is -2.41. The van der Waals surface area contributed by atoms with E-state index < -0.39 is 0 Å². The second-order valence-corrected chi connectivity index (χ2v) is 6.37. The lowest BCUT2D eigenvalue weighted by molar-refractivity contribution is -0.00264. The quantitative estimate of drug-likeness (QED) is 0.729. The third kappa shape index (κ3) is 3.52. The van der Waals surface area contributed by atoms with Crippen LogP contribution in [0.4, 0.5) is 0 Å². The maximum absolute atomic E-state index is 9.14. The van der Waals surface area contributed by atoms with Gasteiger partial charge in [0.15, 0.2) is 6.10 Å². The third-order valence-corrected chi connectivity index (χ3v) is 4.55. The zero-order valence-corrected chi connectivity index (χ0v) is 14.5. The summed E-state index contributed by atoms with van der Waals surface area (Å²) in [5.41, 5.74) is 4.27. The van der Waals surface area contributed by atoms with E-state index in [-0.39, 0.29) is 6.10 Å². The van der Waals surface area contributed by atoms with E-state index in [1.807, 2.05) is 53.2 Å². The number of hydrogen-bond acceptors (Lipinski definition) is 4. The summed E-state index contributed by atoms with van der Waals surface area (Å²) in [6, 6.07) is 22.6. The lowest BCUT2D eigenvalue weighted by Gasteiger charge is -2.29. The number of rotatable bonds is 4. The Morgan fingerprint density at radius 1 is 1.08 bits per heavy atom. The van der Waals surface area contributed by atoms with Gasteiger partial charge in [-0.3, -0.25) is 4.90 Å². The molecule has 0 spiro atoms. The largest absolute Gasteiger partial charge is 0.361 e. The number of hydrogen-bond donors (Lipinski definition) is 0. The molecular formula is C21H20N4O. The first-order valence-electron chi connectivity index (χ1n) is 8.76. The standard InChI is InChI=1S/C21H20N4O/c22-13-20-16-24(11-12-26-20)14-18-15-25(19-9-5-2-6-10-19)23-21(18)17-7-3-1-4-8-17/h1-10,15,20H,11-12,14,16H2.